The minimum atomic E-state index is -0.374. The number of carbonyl (C=O) groups is 1. The number of anilines is 1. The molecule has 3 nitrogen and oxygen atoms in total. The summed E-state index contributed by atoms with van der Waals surface area (Å²) in [5.74, 6) is -0.180. The predicted octanol–water partition coefficient (Wildman–Crippen LogP) is 4.86. The molecule has 3 heteroatoms. The highest BCUT2D eigenvalue weighted by atomic mass is 16.6. The van der Waals surface area contributed by atoms with E-state index in [1.165, 1.54) is 5.56 Å². The Balaban J connectivity index is 1.71. The Kier molecular flexibility index (Phi) is 5.77. The lowest BCUT2D eigenvalue weighted by Gasteiger charge is -2.36. The second-order valence-electron chi connectivity index (χ2n) is 7.16. The van der Waals surface area contributed by atoms with E-state index in [0.29, 0.717) is 6.42 Å². The number of hydrogen-bond donors (Lipinski definition) is 1. The van der Waals surface area contributed by atoms with Crippen molar-refractivity contribution in [3.8, 4) is 0 Å². The number of nitrogens with two attached hydrogens (primary N) is 1. The summed E-state index contributed by atoms with van der Waals surface area (Å²) in [7, 11) is 0. The van der Waals surface area contributed by atoms with Gasteiger partial charge >= 0.3 is 5.97 Å². The van der Waals surface area contributed by atoms with E-state index in [9.17, 15) is 4.79 Å². The summed E-state index contributed by atoms with van der Waals surface area (Å²) in [6, 6.07) is 18.1. The molecule has 136 valence electrons. The molecule has 1 heterocycles. The highest BCUT2D eigenvalue weighted by molar-refractivity contribution is 5.90. The molecule has 1 aliphatic rings. The normalized spacial score (nSPS) is 19.7. The van der Waals surface area contributed by atoms with Crippen LogP contribution in [0, 0.1) is 0 Å². The average Bonchev–Trinajstić information content (AvgIpc) is 2.64. The van der Waals surface area contributed by atoms with Crippen LogP contribution in [0.15, 0.2) is 66.2 Å². The number of benzene rings is 2. The maximum absolute atomic E-state index is 12.7. The highest BCUT2D eigenvalue weighted by Gasteiger charge is 2.36. The average molecular weight is 349 g/mol. The van der Waals surface area contributed by atoms with Crippen LogP contribution in [0.5, 0.6) is 0 Å². The Hall–Kier alpha value is -2.55. The third-order valence-corrected chi connectivity index (χ3v) is 5.06. The maximum atomic E-state index is 12.7. The van der Waals surface area contributed by atoms with Crippen LogP contribution in [0.25, 0.3) is 0 Å². The van der Waals surface area contributed by atoms with Crippen LogP contribution in [-0.4, -0.2) is 11.6 Å². The molecular weight excluding hydrogens is 322 g/mol. The molecule has 0 spiro atoms. The van der Waals surface area contributed by atoms with Crippen LogP contribution in [0.1, 0.15) is 43.7 Å². The van der Waals surface area contributed by atoms with Crippen molar-refractivity contribution >= 4 is 11.7 Å². The van der Waals surface area contributed by atoms with E-state index < -0.39 is 0 Å². The minimum absolute atomic E-state index is 0.180. The SMILES string of the molecule is CCC[C@@]1(CCc2ccccc2)CC=C(Cc2cccc(N)c2)C(=O)O1. The first-order chi connectivity index (χ1) is 12.6. The molecule has 2 aromatic carbocycles. The molecule has 3 rings (SSSR count). The predicted molar refractivity (Wildman–Crippen MR) is 106 cm³/mol. The molecule has 2 N–H and O–H groups in total. The van der Waals surface area contributed by atoms with Crippen molar-refractivity contribution in [1.29, 1.82) is 0 Å². The van der Waals surface area contributed by atoms with E-state index in [4.69, 9.17) is 10.5 Å². The molecule has 0 saturated heterocycles. The summed E-state index contributed by atoms with van der Waals surface area (Å²) >= 11 is 0. The van der Waals surface area contributed by atoms with Gasteiger partial charge < -0.3 is 10.5 Å². The fraction of sp³-hybridized carbons (Fsp3) is 0.348. The molecule has 1 atom stereocenters. The summed E-state index contributed by atoms with van der Waals surface area (Å²) in [6.45, 7) is 2.14. The zero-order valence-electron chi connectivity index (χ0n) is 15.4. The van der Waals surface area contributed by atoms with E-state index in [1.54, 1.807) is 0 Å². The highest BCUT2D eigenvalue weighted by Crippen LogP contribution is 2.34. The Morgan fingerprint density at radius 3 is 2.50 bits per heavy atom. The second kappa shape index (κ2) is 8.22. The van der Waals surface area contributed by atoms with Crippen LogP contribution in [0.3, 0.4) is 0 Å². The summed E-state index contributed by atoms with van der Waals surface area (Å²) in [5.41, 5.74) is 9.25. The van der Waals surface area contributed by atoms with Gasteiger partial charge in [-0.2, -0.15) is 0 Å². The van der Waals surface area contributed by atoms with Crippen molar-refractivity contribution in [3.63, 3.8) is 0 Å². The third-order valence-electron chi connectivity index (χ3n) is 5.06. The molecule has 26 heavy (non-hydrogen) atoms. The number of aryl methyl sites for hydroxylation is 1. The minimum Gasteiger partial charge on any atom is -0.455 e. The van der Waals surface area contributed by atoms with Crippen molar-refractivity contribution < 1.29 is 9.53 Å². The van der Waals surface area contributed by atoms with Gasteiger partial charge in [0.15, 0.2) is 0 Å². The number of hydrogen-bond acceptors (Lipinski definition) is 3. The van der Waals surface area contributed by atoms with Gasteiger partial charge in [-0.25, -0.2) is 4.79 Å². The molecule has 1 aliphatic heterocycles. The summed E-state index contributed by atoms with van der Waals surface area (Å²) in [4.78, 5) is 12.7. The zero-order valence-corrected chi connectivity index (χ0v) is 15.4. The van der Waals surface area contributed by atoms with Gasteiger partial charge in [0.25, 0.3) is 0 Å². The number of rotatable bonds is 7. The quantitative estimate of drug-likeness (QED) is 0.574. The second-order valence-corrected chi connectivity index (χ2v) is 7.16. The van der Waals surface area contributed by atoms with E-state index >= 15 is 0 Å². The molecular formula is C23H27NO2. The first-order valence-corrected chi connectivity index (χ1v) is 9.41. The van der Waals surface area contributed by atoms with Crippen molar-refractivity contribution in [3.05, 3.63) is 77.4 Å². The van der Waals surface area contributed by atoms with E-state index in [2.05, 4.69) is 37.3 Å². The van der Waals surface area contributed by atoms with Crippen LogP contribution in [0.2, 0.25) is 0 Å². The van der Waals surface area contributed by atoms with Crippen LogP contribution >= 0.6 is 0 Å². The lowest BCUT2D eigenvalue weighted by Crippen LogP contribution is -2.39. The first kappa shape index (κ1) is 18.2. The maximum Gasteiger partial charge on any atom is 0.334 e. The lowest BCUT2D eigenvalue weighted by atomic mass is 9.84. The van der Waals surface area contributed by atoms with Gasteiger partial charge in [0, 0.05) is 24.1 Å². The monoisotopic (exact) mass is 349 g/mol. The van der Waals surface area contributed by atoms with E-state index in [0.717, 1.165) is 48.9 Å². The largest absolute Gasteiger partial charge is 0.455 e. The summed E-state index contributed by atoms with van der Waals surface area (Å²) < 4.78 is 6.01. The van der Waals surface area contributed by atoms with Crippen LogP contribution in [-0.2, 0) is 22.4 Å². The van der Waals surface area contributed by atoms with Gasteiger partial charge in [0.05, 0.1) is 0 Å². The lowest BCUT2D eigenvalue weighted by molar-refractivity contribution is -0.158. The van der Waals surface area contributed by atoms with Crippen molar-refractivity contribution in [2.24, 2.45) is 0 Å². The number of ether oxygens (including phenoxy) is 1. The first-order valence-electron chi connectivity index (χ1n) is 9.41. The molecule has 2 aromatic rings. The van der Waals surface area contributed by atoms with Gasteiger partial charge in [0.1, 0.15) is 5.60 Å². The van der Waals surface area contributed by atoms with Crippen molar-refractivity contribution in [1.82, 2.24) is 0 Å². The fourth-order valence-corrected chi connectivity index (χ4v) is 3.67. The third kappa shape index (κ3) is 4.54. The fourth-order valence-electron chi connectivity index (χ4n) is 3.67. The standard InChI is InChI=1S/C23H27NO2/c1-2-13-23(14-11-18-7-4-3-5-8-18)15-12-20(22(25)26-23)16-19-9-6-10-21(24)17-19/h3-10,12,17H,2,11,13-16,24H2,1H3/t23-/m1/s1. The van der Waals surface area contributed by atoms with Crippen LogP contribution in [0.4, 0.5) is 5.69 Å². The van der Waals surface area contributed by atoms with Gasteiger partial charge in [0.2, 0.25) is 0 Å². The van der Waals surface area contributed by atoms with Crippen LogP contribution < -0.4 is 5.73 Å². The summed E-state index contributed by atoms with van der Waals surface area (Å²) in [6.07, 6.45) is 7.12. The summed E-state index contributed by atoms with van der Waals surface area (Å²) in [5, 5.41) is 0. The molecule has 0 saturated carbocycles. The number of nitrogen functional groups attached to an aromatic ring is 1. The number of carbonyl (C=O) groups excluding carboxylic acids is 1. The van der Waals surface area contributed by atoms with Crippen molar-refractivity contribution in [2.45, 2.75) is 51.0 Å². The molecule has 0 aliphatic carbocycles. The zero-order chi connectivity index (χ0) is 18.4. The molecule has 0 bridgehead atoms. The Morgan fingerprint density at radius 2 is 1.81 bits per heavy atom. The van der Waals surface area contributed by atoms with Crippen molar-refractivity contribution in [2.75, 3.05) is 5.73 Å². The van der Waals surface area contributed by atoms with Gasteiger partial charge in [-0.3, -0.25) is 0 Å². The Bertz CT molecular complexity index is 782. The molecule has 0 aromatic heterocycles. The molecule has 0 amide bonds. The topological polar surface area (TPSA) is 52.3 Å². The molecule has 0 unspecified atom stereocenters. The number of esters is 1. The Labute approximate surface area is 155 Å². The molecule has 0 fully saturated rings. The number of cyclic esters (lactones) is 1. The van der Waals surface area contributed by atoms with Gasteiger partial charge in [-0.1, -0.05) is 61.9 Å². The van der Waals surface area contributed by atoms with Gasteiger partial charge in [-0.15, -0.1) is 0 Å². The molecule has 0 radical (unpaired) electrons. The van der Waals surface area contributed by atoms with E-state index in [1.807, 2.05) is 30.3 Å². The smallest absolute Gasteiger partial charge is 0.334 e. The Morgan fingerprint density at radius 1 is 1.04 bits per heavy atom. The van der Waals surface area contributed by atoms with Gasteiger partial charge in [-0.05, 0) is 42.5 Å². The van der Waals surface area contributed by atoms with E-state index in [-0.39, 0.29) is 11.6 Å².